The summed E-state index contributed by atoms with van der Waals surface area (Å²) in [6, 6.07) is 14.0. The maximum Gasteiger partial charge on any atom is 0.224 e. The van der Waals surface area contributed by atoms with Gasteiger partial charge in [0, 0.05) is 5.75 Å². The van der Waals surface area contributed by atoms with Crippen molar-refractivity contribution >= 4 is 23.4 Å². The van der Waals surface area contributed by atoms with Crippen molar-refractivity contribution in [2.45, 2.75) is 10.9 Å². The molecule has 0 atom stereocenters. The number of anilines is 2. The third-order valence-electron chi connectivity index (χ3n) is 3.11. The Balaban J connectivity index is 1.62. The second-order valence-electron chi connectivity index (χ2n) is 4.71. The summed E-state index contributed by atoms with van der Waals surface area (Å²) in [4.78, 5) is 4.37. The fourth-order valence-electron chi connectivity index (χ4n) is 1.97. The number of hydrogen-bond acceptors (Lipinski definition) is 5. The van der Waals surface area contributed by atoms with Gasteiger partial charge in [0.15, 0.2) is 0 Å². The lowest BCUT2D eigenvalue weighted by Gasteiger charge is -2.07. The average Bonchev–Trinajstić information content (AvgIpc) is 3.02. The summed E-state index contributed by atoms with van der Waals surface area (Å²) in [5.41, 5.74) is 1.82. The van der Waals surface area contributed by atoms with Gasteiger partial charge in [-0.05, 0) is 29.8 Å². The highest BCUT2D eigenvalue weighted by Gasteiger charge is 2.07. The van der Waals surface area contributed by atoms with Crippen LogP contribution in [0.1, 0.15) is 5.56 Å². The highest BCUT2D eigenvalue weighted by molar-refractivity contribution is 7.98. The molecule has 0 fully saturated rings. The number of methoxy groups -OCH3 is 1. The van der Waals surface area contributed by atoms with E-state index < -0.39 is 0 Å². The van der Waals surface area contributed by atoms with E-state index in [0.717, 1.165) is 17.0 Å². The summed E-state index contributed by atoms with van der Waals surface area (Å²) in [6.45, 7) is 0. The number of benzene rings is 2. The summed E-state index contributed by atoms with van der Waals surface area (Å²) in [5, 5.41) is 10.7. The monoisotopic (exact) mass is 330 g/mol. The van der Waals surface area contributed by atoms with E-state index in [4.69, 9.17) is 4.74 Å². The van der Waals surface area contributed by atoms with Crippen molar-refractivity contribution in [1.29, 1.82) is 0 Å². The number of rotatable bonds is 6. The molecule has 0 aliphatic rings. The molecule has 2 N–H and O–H groups in total. The van der Waals surface area contributed by atoms with Crippen LogP contribution in [0.2, 0.25) is 0 Å². The van der Waals surface area contributed by atoms with E-state index in [0.29, 0.717) is 16.9 Å². The number of thioether (sulfide) groups is 1. The number of para-hydroxylation sites is 2. The average molecular weight is 330 g/mol. The first kappa shape index (κ1) is 15.4. The minimum atomic E-state index is -0.236. The van der Waals surface area contributed by atoms with Crippen LogP contribution in [0.25, 0.3) is 0 Å². The molecule has 0 radical (unpaired) electrons. The quantitative estimate of drug-likeness (QED) is 0.669. The maximum atomic E-state index is 12.9. The number of ether oxygens (including phenoxy) is 1. The summed E-state index contributed by atoms with van der Waals surface area (Å²) < 4.78 is 18.1. The molecule has 0 aliphatic carbocycles. The number of nitrogens with zero attached hydrogens (tertiary/aromatic N) is 2. The predicted octanol–water partition coefficient (Wildman–Crippen LogP) is 3.99. The van der Waals surface area contributed by atoms with Gasteiger partial charge in [-0.15, -0.1) is 5.10 Å². The Morgan fingerprint density at radius 3 is 2.74 bits per heavy atom. The molecule has 0 unspecified atom stereocenters. The fourth-order valence-corrected chi connectivity index (χ4v) is 2.73. The summed E-state index contributed by atoms with van der Waals surface area (Å²) in [5.74, 6) is 1.70. The molecule has 0 amide bonds. The molecule has 2 aromatic carbocycles. The van der Waals surface area contributed by atoms with Gasteiger partial charge < -0.3 is 10.1 Å². The molecule has 1 aromatic heterocycles. The molecule has 0 saturated heterocycles. The molecule has 7 heteroatoms. The Morgan fingerprint density at radius 2 is 1.96 bits per heavy atom. The molecule has 0 saturated carbocycles. The zero-order valence-corrected chi connectivity index (χ0v) is 13.2. The fraction of sp³-hybridized carbons (Fsp3) is 0.125. The molecule has 3 rings (SSSR count). The van der Waals surface area contributed by atoms with Crippen molar-refractivity contribution in [3.63, 3.8) is 0 Å². The van der Waals surface area contributed by atoms with Crippen molar-refractivity contribution in [3.8, 4) is 5.75 Å². The molecule has 5 nitrogen and oxygen atoms in total. The first-order chi connectivity index (χ1) is 11.2. The Kier molecular flexibility index (Phi) is 4.77. The van der Waals surface area contributed by atoms with Crippen LogP contribution in [0.15, 0.2) is 53.7 Å². The van der Waals surface area contributed by atoms with Crippen molar-refractivity contribution in [2.75, 3.05) is 12.4 Å². The van der Waals surface area contributed by atoms with Gasteiger partial charge in [-0.1, -0.05) is 36.0 Å². The van der Waals surface area contributed by atoms with Gasteiger partial charge in [-0.3, -0.25) is 0 Å². The summed E-state index contributed by atoms with van der Waals surface area (Å²) >= 11 is 1.47. The van der Waals surface area contributed by atoms with E-state index in [1.165, 1.54) is 23.9 Å². The van der Waals surface area contributed by atoms with Crippen molar-refractivity contribution in [1.82, 2.24) is 15.2 Å². The molecule has 23 heavy (non-hydrogen) atoms. The van der Waals surface area contributed by atoms with Gasteiger partial charge in [0.1, 0.15) is 11.6 Å². The predicted molar refractivity (Wildman–Crippen MR) is 88.6 cm³/mol. The highest BCUT2D eigenvalue weighted by Crippen LogP contribution is 2.26. The van der Waals surface area contributed by atoms with E-state index in [2.05, 4.69) is 20.5 Å². The molecular weight excluding hydrogens is 315 g/mol. The first-order valence-corrected chi connectivity index (χ1v) is 7.93. The molecular formula is C16H15FN4OS. The second kappa shape index (κ2) is 7.15. The minimum Gasteiger partial charge on any atom is -0.495 e. The van der Waals surface area contributed by atoms with E-state index in [1.54, 1.807) is 19.2 Å². The largest absolute Gasteiger partial charge is 0.495 e. The Morgan fingerprint density at radius 1 is 1.17 bits per heavy atom. The molecule has 0 spiro atoms. The number of aromatic amines is 1. The van der Waals surface area contributed by atoms with E-state index in [1.807, 2.05) is 24.3 Å². The third-order valence-corrected chi connectivity index (χ3v) is 4.02. The zero-order chi connectivity index (χ0) is 16.1. The normalized spacial score (nSPS) is 10.5. The topological polar surface area (TPSA) is 62.8 Å². The smallest absolute Gasteiger partial charge is 0.224 e. The van der Waals surface area contributed by atoms with E-state index in [-0.39, 0.29) is 5.82 Å². The first-order valence-electron chi connectivity index (χ1n) is 6.94. The lowest BCUT2D eigenvalue weighted by atomic mass is 10.2. The van der Waals surface area contributed by atoms with Crippen LogP contribution in [0.3, 0.4) is 0 Å². The van der Waals surface area contributed by atoms with Gasteiger partial charge in [-0.2, -0.15) is 4.98 Å². The van der Waals surface area contributed by atoms with Crippen molar-refractivity contribution in [3.05, 3.63) is 59.9 Å². The number of H-pyrrole nitrogens is 1. The lowest BCUT2D eigenvalue weighted by Crippen LogP contribution is -1.95. The van der Waals surface area contributed by atoms with Gasteiger partial charge in [0.2, 0.25) is 11.1 Å². The van der Waals surface area contributed by atoms with E-state index in [9.17, 15) is 4.39 Å². The number of nitrogens with one attached hydrogen (secondary N) is 2. The van der Waals surface area contributed by atoms with Crippen LogP contribution < -0.4 is 10.1 Å². The summed E-state index contributed by atoms with van der Waals surface area (Å²) in [6.07, 6.45) is 0. The van der Waals surface area contributed by atoms with Crippen LogP contribution in [0.5, 0.6) is 5.75 Å². The molecule has 3 aromatic rings. The molecule has 1 heterocycles. The summed E-state index contributed by atoms with van der Waals surface area (Å²) in [7, 11) is 1.62. The Bertz CT molecular complexity index is 776. The molecule has 0 bridgehead atoms. The maximum absolute atomic E-state index is 12.9. The van der Waals surface area contributed by atoms with Gasteiger partial charge in [-0.25, -0.2) is 9.49 Å². The third kappa shape index (κ3) is 4.01. The van der Waals surface area contributed by atoms with Gasteiger partial charge >= 0.3 is 0 Å². The highest BCUT2D eigenvalue weighted by atomic mass is 32.2. The number of hydrogen-bond donors (Lipinski definition) is 2. The van der Waals surface area contributed by atoms with Gasteiger partial charge in [0.05, 0.1) is 12.8 Å². The lowest BCUT2D eigenvalue weighted by molar-refractivity contribution is 0.417. The van der Waals surface area contributed by atoms with Crippen LogP contribution in [0, 0.1) is 5.82 Å². The Labute approximate surface area is 137 Å². The zero-order valence-electron chi connectivity index (χ0n) is 12.4. The van der Waals surface area contributed by atoms with Crippen LogP contribution in [0.4, 0.5) is 16.0 Å². The van der Waals surface area contributed by atoms with Crippen LogP contribution in [-0.2, 0) is 5.75 Å². The minimum absolute atomic E-state index is 0.236. The van der Waals surface area contributed by atoms with Crippen molar-refractivity contribution < 1.29 is 9.13 Å². The molecule has 0 aliphatic heterocycles. The second-order valence-corrected chi connectivity index (χ2v) is 5.65. The van der Waals surface area contributed by atoms with Crippen LogP contribution >= 0.6 is 11.8 Å². The number of aromatic nitrogens is 3. The number of halogens is 1. The van der Waals surface area contributed by atoms with Crippen molar-refractivity contribution in [2.24, 2.45) is 0 Å². The standard InChI is InChI=1S/C16H15FN4OS/c1-22-14-5-3-2-4-13(14)18-15-19-16(21-20-15)23-10-11-6-8-12(17)9-7-11/h2-9H,10H2,1H3,(H2,18,19,20,21). The van der Waals surface area contributed by atoms with E-state index >= 15 is 0 Å². The van der Waals surface area contributed by atoms with Crippen LogP contribution in [-0.4, -0.2) is 22.3 Å². The van der Waals surface area contributed by atoms with Gasteiger partial charge in [0.25, 0.3) is 0 Å². The molecule has 118 valence electrons. The Hall–Kier alpha value is -2.54. The SMILES string of the molecule is COc1ccccc1Nc1nc(SCc2ccc(F)cc2)n[nH]1.